The maximum Gasteiger partial charge on any atom is 0.433 e. The van der Waals surface area contributed by atoms with Crippen LogP contribution in [0.15, 0.2) is 30.3 Å². The minimum absolute atomic E-state index is 0.00786. The summed E-state index contributed by atoms with van der Waals surface area (Å²) in [6, 6.07) is 5.43. The number of pyridine rings is 1. The average Bonchev–Trinajstić information content (AvgIpc) is 2.53. The zero-order chi connectivity index (χ0) is 17.9. The number of anilines is 1. The molecule has 1 aromatic heterocycles. The van der Waals surface area contributed by atoms with Crippen molar-refractivity contribution in [1.29, 1.82) is 0 Å². The summed E-state index contributed by atoms with van der Waals surface area (Å²) in [7, 11) is 2.79. The lowest BCUT2D eigenvalue weighted by atomic mass is 10.1. The van der Waals surface area contributed by atoms with E-state index in [9.17, 15) is 17.6 Å². The highest BCUT2D eigenvalue weighted by Crippen LogP contribution is 2.34. The molecule has 0 spiro atoms. The van der Waals surface area contributed by atoms with Gasteiger partial charge in [0.05, 0.1) is 20.3 Å². The number of methoxy groups -OCH3 is 2. The Kier molecular flexibility index (Phi) is 5.16. The monoisotopic (exact) mass is 344 g/mol. The molecular weight excluding hydrogens is 328 g/mol. The second kappa shape index (κ2) is 6.94. The molecule has 2 aromatic rings. The maximum atomic E-state index is 14.2. The molecule has 0 amide bonds. The van der Waals surface area contributed by atoms with E-state index in [1.807, 2.05) is 0 Å². The molecule has 1 unspecified atom stereocenters. The van der Waals surface area contributed by atoms with Crippen LogP contribution in [0.25, 0.3) is 0 Å². The molecule has 0 aliphatic rings. The Hall–Kier alpha value is -2.51. The Labute approximate surface area is 136 Å². The van der Waals surface area contributed by atoms with Crippen LogP contribution in [0, 0.1) is 5.82 Å². The molecule has 0 aliphatic carbocycles. The molecule has 0 bridgehead atoms. The Bertz CT molecular complexity index is 720. The van der Waals surface area contributed by atoms with Crippen molar-refractivity contribution in [3.8, 4) is 11.5 Å². The summed E-state index contributed by atoms with van der Waals surface area (Å²) in [5.74, 6) is -0.0335. The Morgan fingerprint density at radius 3 is 2.29 bits per heavy atom. The number of benzene rings is 1. The minimum Gasteiger partial charge on any atom is -0.493 e. The summed E-state index contributed by atoms with van der Waals surface area (Å²) in [5.41, 5.74) is -0.806. The van der Waals surface area contributed by atoms with Gasteiger partial charge in [-0.3, -0.25) is 0 Å². The topological polar surface area (TPSA) is 43.4 Å². The van der Waals surface area contributed by atoms with Crippen LogP contribution in [0.2, 0.25) is 0 Å². The van der Waals surface area contributed by atoms with E-state index in [4.69, 9.17) is 9.47 Å². The highest BCUT2D eigenvalue weighted by atomic mass is 19.4. The van der Waals surface area contributed by atoms with Crippen LogP contribution in [-0.4, -0.2) is 19.2 Å². The normalized spacial score (nSPS) is 12.6. The molecule has 1 N–H and O–H groups in total. The summed E-state index contributed by atoms with van der Waals surface area (Å²) in [6.45, 7) is 1.60. The number of alkyl halides is 3. The van der Waals surface area contributed by atoms with Crippen LogP contribution >= 0.6 is 0 Å². The van der Waals surface area contributed by atoms with Gasteiger partial charge in [0.1, 0.15) is 17.3 Å². The Morgan fingerprint density at radius 1 is 1.08 bits per heavy atom. The lowest BCUT2D eigenvalue weighted by molar-refractivity contribution is -0.141. The minimum atomic E-state index is -4.55. The van der Waals surface area contributed by atoms with Crippen LogP contribution in [-0.2, 0) is 6.18 Å². The third-order valence-electron chi connectivity index (χ3n) is 3.37. The van der Waals surface area contributed by atoms with Crippen molar-refractivity contribution >= 4 is 5.82 Å². The first kappa shape index (κ1) is 17.8. The lowest BCUT2D eigenvalue weighted by Gasteiger charge is -2.18. The molecular formula is C16H16F4N2O2. The number of nitrogens with zero attached hydrogens (tertiary/aromatic N) is 1. The SMILES string of the molecule is COc1cc(F)c(C(C)Nc2cccc(C(F)(F)F)n2)cc1OC. The summed E-state index contributed by atoms with van der Waals surface area (Å²) >= 11 is 0. The van der Waals surface area contributed by atoms with E-state index in [-0.39, 0.29) is 17.1 Å². The van der Waals surface area contributed by atoms with E-state index in [0.717, 1.165) is 12.1 Å². The van der Waals surface area contributed by atoms with Gasteiger partial charge in [-0.05, 0) is 25.1 Å². The second-order valence-corrected chi connectivity index (χ2v) is 5.00. The quantitative estimate of drug-likeness (QED) is 0.815. The molecule has 1 aromatic carbocycles. The first-order valence-electron chi connectivity index (χ1n) is 6.98. The van der Waals surface area contributed by atoms with Crippen molar-refractivity contribution < 1.29 is 27.0 Å². The van der Waals surface area contributed by atoms with Crippen molar-refractivity contribution in [2.45, 2.75) is 19.1 Å². The number of ether oxygens (including phenoxy) is 2. The van der Waals surface area contributed by atoms with Crippen LogP contribution in [0.4, 0.5) is 23.4 Å². The van der Waals surface area contributed by atoms with Gasteiger partial charge in [-0.2, -0.15) is 13.2 Å². The van der Waals surface area contributed by atoms with E-state index in [1.54, 1.807) is 6.92 Å². The predicted molar refractivity (Wildman–Crippen MR) is 80.8 cm³/mol. The zero-order valence-electron chi connectivity index (χ0n) is 13.2. The van der Waals surface area contributed by atoms with Gasteiger partial charge in [0.15, 0.2) is 11.5 Å². The standard InChI is InChI=1S/C16H16F4N2O2/c1-9(10-7-12(23-2)13(24-3)8-11(10)17)21-15-6-4-5-14(22-15)16(18,19)20/h4-9H,1-3H3,(H,21,22). The van der Waals surface area contributed by atoms with Crippen molar-refractivity contribution in [2.75, 3.05) is 19.5 Å². The molecule has 0 saturated heterocycles. The number of halogens is 4. The van der Waals surface area contributed by atoms with Gasteiger partial charge in [-0.25, -0.2) is 9.37 Å². The molecule has 0 aliphatic heterocycles. The first-order chi connectivity index (χ1) is 11.3. The molecule has 0 saturated carbocycles. The summed E-state index contributed by atoms with van der Waals surface area (Å²) in [4.78, 5) is 3.50. The largest absolute Gasteiger partial charge is 0.493 e. The number of aromatic nitrogens is 1. The van der Waals surface area contributed by atoms with Crippen molar-refractivity contribution in [2.24, 2.45) is 0 Å². The molecule has 8 heteroatoms. The fourth-order valence-electron chi connectivity index (χ4n) is 2.17. The smallest absolute Gasteiger partial charge is 0.433 e. The molecule has 4 nitrogen and oxygen atoms in total. The number of rotatable bonds is 5. The Morgan fingerprint density at radius 2 is 1.71 bits per heavy atom. The van der Waals surface area contributed by atoms with Gasteiger partial charge >= 0.3 is 6.18 Å². The van der Waals surface area contributed by atoms with Crippen LogP contribution in [0.1, 0.15) is 24.2 Å². The first-order valence-corrected chi connectivity index (χ1v) is 6.98. The molecule has 0 fully saturated rings. The molecule has 1 atom stereocenters. The van der Waals surface area contributed by atoms with E-state index < -0.39 is 23.7 Å². The van der Waals surface area contributed by atoms with E-state index >= 15 is 0 Å². The fraction of sp³-hybridized carbons (Fsp3) is 0.312. The second-order valence-electron chi connectivity index (χ2n) is 5.00. The third kappa shape index (κ3) is 3.87. The summed E-state index contributed by atoms with van der Waals surface area (Å²) in [5, 5.41) is 2.75. The van der Waals surface area contributed by atoms with E-state index in [2.05, 4.69) is 10.3 Å². The van der Waals surface area contributed by atoms with Crippen molar-refractivity contribution in [3.05, 3.63) is 47.4 Å². The van der Waals surface area contributed by atoms with Gasteiger partial charge in [0.25, 0.3) is 0 Å². The zero-order valence-corrected chi connectivity index (χ0v) is 13.2. The van der Waals surface area contributed by atoms with Crippen LogP contribution in [0.3, 0.4) is 0 Å². The van der Waals surface area contributed by atoms with Gasteiger partial charge in [-0.15, -0.1) is 0 Å². The predicted octanol–water partition coefficient (Wildman–Crippen LogP) is 4.43. The Balaban J connectivity index is 2.29. The highest BCUT2D eigenvalue weighted by Gasteiger charge is 2.32. The van der Waals surface area contributed by atoms with E-state index in [0.29, 0.717) is 5.75 Å². The third-order valence-corrected chi connectivity index (χ3v) is 3.37. The van der Waals surface area contributed by atoms with Crippen molar-refractivity contribution in [3.63, 3.8) is 0 Å². The molecule has 130 valence electrons. The lowest BCUT2D eigenvalue weighted by Crippen LogP contribution is -2.13. The number of nitrogens with one attached hydrogen (secondary N) is 1. The van der Waals surface area contributed by atoms with Gasteiger partial charge < -0.3 is 14.8 Å². The molecule has 1 heterocycles. The molecule has 2 rings (SSSR count). The summed E-state index contributed by atoms with van der Waals surface area (Å²) in [6.07, 6.45) is -4.55. The van der Waals surface area contributed by atoms with Crippen LogP contribution < -0.4 is 14.8 Å². The molecule has 0 radical (unpaired) electrons. The molecule has 24 heavy (non-hydrogen) atoms. The highest BCUT2D eigenvalue weighted by molar-refractivity contribution is 5.47. The van der Waals surface area contributed by atoms with Crippen LogP contribution in [0.5, 0.6) is 11.5 Å². The maximum absolute atomic E-state index is 14.2. The summed E-state index contributed by atoms with van der Waals surface area (Å²) < 4.78 is 62.4. The van der Waals surface area contributed by atoms with Crippen molar-refractivity contribution in [1.82, 2.24) is 4.98 Å². The fourth-order valence-corrected chi connectivity index (χ4v) is 2.17. The average molecular weight is 344 g/mol. The number of hydrogen-bond acceptors (Lipinski definition) is 4. The van der Waals surface area contributed by atoms with E-state index in [1.165, 1.54) is 32.4 Å². The van der Waals surface area contributed by atoms with Gasteiger partial charge in [0, 0.05) is 11.6 Å². The van der Waals surface area contributed by atoms with Gasteiger partial charge in [-0.1, -0.05) is 6.07 Å². The van der Waals surface area contributed by atoms with Gasteiger partial charge in [0.2, 0.25) is 0 Å². The number of hydrogen-bond donors (Lipinski definition) is 1.